The maximum Gasteiger partial charge on any atom is 0.161 e. The average Bonchev–Trinajstić information content (AvgIpc) is 2.50. The van der Waals surface area contributed by atoms with E-state index < -0.39 is 11.9 Å². The summed E-state index contributed by atoms with van der Waals surface area (Å²) in [4.78, 5) is 0. The van der Waals surface area contributed by atoms with E-state index in [1.165, 1.54) is 12.1 Å². The van der Waals surface area contributed by atoms with Gasteiger partial charge in [0.05, 0.1) is 5.02 Å². The van der Waals surface area contributed by atoms with E-state index in [9.17, 15) is 9.50 Å². The smallest absolute Gasteiger partial charge is 0.161 e. The van der Waals surface area contributed by atoms with Crippen LogP contribution in [-0.4, -0.2) is 18.3 Å². The van der Waals surface area contributed by atoms with Crippen LogP contribution in [-0.2, 0) is 0 Å². The first kappa shape index (κ1) is 14.6. The van der Waals surface area contributed by atoms with Gasteiger partial charge in [0, 0.05) is 10.0 Å². The number of halogens is 3. The molecule has 1 aliphatic heterocycles. The van der Waals surface area contributed by atoms with E-state index in [0.717, 1.165) is 0 Å². The SMILES string of the molecule is OC(c1ccc2c(c1)OCCO2)c1cc(Cl)c(Br)cc1F. The summed E-state index contributed by atoms with van der Waals surface area (Å²) in [7, 11) is 0. The molecule has 0 bridgehead atoms. The molecule has 1 aliphatic rings. The molecule has 21 heavy (non-hydrogen) atoms. The Kier molecular flexibility index (Phi) is 4.06. The van der Waals surface area contributed by atoms with Crippen LogP contribution in [0.1, 0.15) is 17.2 Å². The van der Waals surface area contributed by atoms with Gasteiger partial charge in [-0.2, -0.15) is 0 Å². The standard InChI is InChI=1S/C15H11BrClFO3/c16-10-7-12(18)9(6-11(10)17)15(19)8-1-2-13-14(5-8)21-4-3-20-13/h1-2,5-7,15,19H,3-4H2. The molecule has 1 heterocycles. The van der Waals surface area contributed by atoms with Crippen LogP contribution in [0.2, 0.25) is 5.02 Å². The first-order chi connectivity index (χ1) is 10.1. The third-order valence-electron chi connectivity index (χ3n) is 3.22. The predicted octanol–water partition coefficient (Wildman–Crippen LogP) is 4.09. The fourth-order valence-corrected chi connectivity index (χ4v) is 2.64. The summed E-state index contributed by atoms with van der Waals surface area (Å²) < 4.78 is 25.3. The fraction of sp³-hybridized carbons (Fsp3) is 0.200. The van der Waals surface area contributed by atoms with Crippen molar-refractivity contribution in [2.75, 3.05) is 13.2 Å². The zero-order chi connectivity index (χ0) is 15.0. The van der Waals surface area contributed by atoms with Crippen molar-refractivity contribution in [3.8, 4) is 11.5 Å². The minimum absolute atomic E-state index is 0.111. The number of aliphatic hydroxyl groups excluding tert-OH is 1. The summed E-state index contributed by atoms with van der Waals surface area (Å²) >= 11 is 9.11. The lowest BCUT2D eigenvalue weighted by Crippen LogP contribution is -2.15. The molecule has 0 aliphatic carbocycles. The molecule has 3 rings (SSSR count). The molecular weight excluding hydrogens is 363 g/mol. The molecule has 0 fully saturated rings. The van der Waals surface area contributed by atoms with Gasteiger partial charge in [-0.25, -0.2) is 4.39 Å². The highest BCUT2D eigenvalue weighted by molar-refractivity contribution is 9.10. The molecule has 110 valence electrons. The molecule has 6 heteroatoms. The van der Waals surface area contributed by atoms with Crippen LogP contribution >= 0.6 is 27.5 Å². The molecule has 0 spiro atoms. The largest absolute Gasteiger partial charge is 0.486 e. The van der Waals surface area contributed by atoms with Crippen molar-refractivity contribution in [1.29, 1.82) is 0 Å². The Balaban J connectivity index is 1.98. The zero-order valence-electron chi connectivity index (χ0n) is 10.8. The molecule has 0 amide bonds. The molecule has 1 N–H and O–H groups in total. The number of hydrogen-bond acceptors (Lipinski definition) is 3. The van der Waals surface area contributed by atoms with Gasteiger partial charge in [-0.1, -0.05) is 17.7 Å². The number of fused-ring (bicyclic) bond motifs is 1. The zero-order valence-corrected chi connectivity index (χ0v) is 13.1. The van der Waals surface area contributed by atoms with Crippen molar-refractivity contribution in [3.05, 3.63) is 56.8 Å². The van der Waals surface area contributed by atoms with E-state index in [1.807, 2.05) is 0 Å². The van der Waals surface area contributed by atoms with Crippen LogP contribution in [0, 0.1) is 5.82 Å². The average molecular weight is 374 g/mol. The second-order valence-electron chi connectivity index (χ2n) is 4.59. The molecule has 0 radical (unpaired) electrons. The summed E-state index contributed by atoms with van der Waals surface area (Å²) in [6.45, 7) is 0.941. The molecule has 1 unspecified atom stereocenters. The Morgan fingerprint density at radius 1 is 1.14 bits per heavy atom. The summed E-state index contributed by atoms with van der Waals surface area (Å²) in [6, 6.07) is 7.66. The van der Waals surface area contributed by atoms with Gasteiger partial charge in [-0.15, -0.1) is 0 Å². The van der Waals surface area contributed by atoms with Crippen LogP contribution in [0.5, 0.6) is 11.5 Å². The maximum absolute atomic E-state index is 14.0. The molecule has 2 aromatic rings. The molecule has 0 saturated carbocycles. The fourth-order valence-electron chi connectivity index (χ4n) is 2.16. The number of ether oxygens (including phenoxy) is 2. The first-order valence-electron chi connectivity index (χ1n) is 6.28. The van der Waals surface area contributed by atoms with Gasteiger partial charge < -0.3 is 14.6 Å². The van der Waals surface area contributed by atoms with Crippen molar-refractivity contribution in [1.82, 2.24) is 0 Å². The van der Waals surface area contributed by atoms with E-state index in [0.29, 0.717) is 39.8 Å². The van der Waals surface area contributed by atoms with E-state index in [2.05, 4.69) is 15.9 Å². The van der Waals surface area contributed by atoms with Gasteiger partial charge in [-0.3, -0.25) is 0 Å². The van der Waals surface area contributed by atoms with Crippen LogP contribution in [0.15, 0.2) is 34.8 Å². The number of rotatable bonds is 2. The van der Waals surface area contributed by atoms with Gasteiger partial charge in [-0.05, 0) is 45.8 Å². The summed E-state index contributed by atoms with van der Waals surface area (Å²) in [5.74, 6) is 0.626. The van der Waals surface area contributed by atoms with Crippen molar-refractivity contribution in [3.63, 3.8) is 0 Å². The second kappa shape index (κ2) is 5.83. The highest BCUT2D eigenvalue weighted by Crippen LogP contribution is 2.36. The van der Waals surface area contributed by atoms with Gasteiger partial charge in [0.1, 0.15) is 25.1 Å². The molecule has 3 nitrogen and oxygen atoms in total. The number of aliphatic hydroxyl groups is 1. The summed E-state index contributed by atoms with van der Waals surface area (Å²) in [6.07, 6.45) is -1.13. The lowest BCUT2D eigenvalue weighted by atomic mass is 10.0. The predicted molar refractivity (Wildman–Crippen MR) is 80.6 cm³/mol. The molecule has 2 aromatic carbocycles. The quantitative estimate of drug-likeness (QED) is 0.806. The van der Waals surface area contributed by atoms with Gasteiger partial charge in [0.25, 0.3) is 0 Å². The van der Waals surface area contributed by atoms with Gasteiger partial charge in [0.2, 0.25) is 0 Å². The topological polar surface area (TPSA) is 38.7 Å². The Morgan fingerprint density at radius 3 is 2.62 bits per heavy atom. The van der Waals surface area contributed by atoms with Crippen LogP contribution in [0.25, 0.3) is 0 Å². The summed E-state index contributed by atoms with van der Waals surface area (Å²) in [5, 5.41) is 10.7. The highest BCUT2D eigenvalue weighted by Gasteiger charge is 2.20. The van der Waals surface area contributed by atoms with Gasteiger partial charge in [0.15, 0.2) is 11.5 Å². The Hall–Kier alpha value is -1.30. The van der Waals surface area contributed by atoms with Gasteiger partial charge >= 0.3 is 0 Å². The molecular formula is C15H11BrClFO3. The Morgan fingerprint density at radius 2 is 1.86 bits per heavy atom. The monoisotopic (exact) mass is 372 g/mol. The van der Waals surface area contributed by atoms with Crippen molar-refractivity contribution >= 4 is 27.5 Å². The summed E-state index contributed by atoms with van der Waals surface area (Å²) in [5.41, 5.74) is 0.622. The maximum atomic E-state index is 14.0. The second-order valence-corrected chi connectivity index (χ2v) is 5.85. The van der Waals surface area contributed by atoms with Crippen LogP contribution in [0.3, 0.4) is 0 Å². The molecule has 0 aromatic heterocycles. The first-order valence-corrected chi connectivity index (χ1v) is 7.45. The molecule has 1 atom stereocenters. The Labute approximate surface area is 134 Å². The van der Waals surface area contributed by atoms with Crippen molar-refractivity contribution < 1.29 is 19.0 Å². The van der Waals surface area contributed by atoms with E-state index in [1.54, 1.807) is 18.2 Å². The van der Waals surface area contributed by atoms with Crippen molar-refractivity contribution in [2.24, 2.45) is 0 Å². The van der Waals surface area contributed by atoms with E-state index >= 15 is 0 Å². The lowest BCUT2D eigenvalue weighted by Gasteiger charge is -2.20. The normalized spacial score (nSPS) is 14.9. The molecule has 0 saturated heterocycles. The Bertz CT molecular complexity index is 693. The number of hydrogen-bond donors (Lipinski definition) is 1. The highest BCUT2D eigenvalue weighted by atomic mass is 79.9. The third kappa shape index (κ3) is 2.86. The minimum Gasteiger partial charge on any atom is -0.486 e. The van der Waals surface area contributed by atoms with Crippen LogP contribution in [0.4, 0.5) is 4.39 Å². The van der Waals surface area contributed by atoms with Crippen molar-refractivity contribution in [2.45, 2.75) is 6.10 Å². The lowest BCUT2D eigenvalue weighted by molar-refractivity contribution is 0.169. The van der Waals surface area contributed by atoms with E-state index in [-0.39, 0.29) is 5.56 Å². The third-order valence-corrected chi connectivity index (χ3v) is 4.41. The van der Waals surface area contributed by atoms with E-state index in [4.69, 9.17) is 21.1 Å². The minimum atomic E-state index is -1.13. The number of benzene rings is 2. The van der Waals surface area contributed by atoms with Crippen LogP contribution < -0.4 is 9.47 Å².